The van der Waals surface area contributed by atoms with E-state index in [0.29, 0.717) is 16.7 Å². The highest BCUT2D eigenvalue weighted by atomic mass is 35.5. The zero-order valence-electron chi connectivity index (χ0n) is 14.7. The van der Waals surface area contributed by atoms with Gasteiger partial charge in [-0.1, -0.05) is 29.4 Å². The topological polar surface area (TPSA) is 72.9 Å². The third kappa shape index (κ3) is 4.17. The van der Waals surface area contributed by atoms with Crippen LogP contribution in [0.15, 0.2) is 40.1 Å². The zero-order chi connectivity index (χ0) is 20.5. The van der Waals surface area contributed by atoms with Crippen LogP contribution in [-0.4, -0.2) is 26.4 Å². The molecule has 0 saturated heterocycles. The van der Waals surface area contributed by atoms with Gasteiger partial charge in [0.2, 0.25) is 5.91 Å². The van der Waals surface area contributed by atoms with E-state index >= 15 is 0 Å². The number of nitrogens with one attached hydrogen (secondary N) is 1. The number of aromatic nitrogens is 3. The van der Waals surface area contributed by atoms with Crippen molar-refractivity contribution in [1.82, 2.24) is 14.8 Å². The number of halogens is 4. The van der Waals surface area contributed by atoms with E-state index in [1.165, 1.54) is 18.4 Å². The Morgan fingerprint density at radius 1 is 1.32 bits per heavy atom. The van der Waals surface area contributed by atoms with Gasteiger partial charge in [-0.2, -0.15) is 13.2 Å². The van der Waals surface area contributed by atoms with Gasteiger partial charge in [0.15, 0.2) is 11.0 Å². The number of anilines is 1. The van der Waals surface area contributed by atoms with Crippen molar-refractivity contribution >= 4 is 35.0 Å². The molecule has 0 saturated carbocycles. The Kier molecular flexibility index (Phi) is 5.71. The minimum Gasteiger partial charge on any atom is -0.469 e. The minimum absolute atomic E-state index is 0.168. The van der Waals surface area contributed by atoms with Crippen molar-refractivity contribution in [3.05, 3.63) is 46.9 Å². The normalized spacial score (nSPS) is 11.6. The maximum Gasteiger partial charge on any atom is 0.418 e. The fraction of sp³-hybridized carbons (Fsp3) is 0.235. The molecule has 0 radical (unpaired) electrons. The molecule has 1 N–H and O–H groups in total. The molecule has 0 unspecified atom stereocenters. The number of rotatable bonds is 5. The van der Waals surface area contributed by atoms with E-state index in [2.05, 4.69) is 15.5 Å². The van der Waals surface area contributed by atoms with E-state index in [-0.39, 0.29) is 10.8 Å². The highest BCUT2D eigenvalue weighted by Crippen LogP contribution is 2.38. The van der Waals surface area contributed by atoms with Gasteiger partial charge in [-0.25, -0.2) is 0 Å². The zero-order valence-corrected chi connectivity index (χ0v) is 16.2. The van der Waals surface area contributed by atoms with Gasteiger partial charge in [-0.05, 0) is 25.1 Å². The first-order chi connectivity index (χ1) is 13.2. The molecule has 11 heteroatoms. The summed E-state index contributed by atoms with van der Waals surface area (Å²) < 4.78 is 46.2. The first-order valence-electron chi connectivity index (χ1n) is 7.90. The molecule has 2 heterocycles. The molecule has 1 aromatic carbocycles. The highest BCUT2D eigenvalue weighted by Gasteiger charge is 2.34. The number of carbonyl (C=O) groups excluding carboxylic acids is 1. The van der Waals surface area contributed by atoms with Gasteiger partial charge in [0.05, 0.1) is 33.9 Å². The summed E-state index contributed by atoms with van der Waals surface area (Å²) in [5, 5.41) is 10.6. The summed E-state index contributed by atoms with van der Waals surface area (Å²) in [5.74, 6) is 0.411. The van der Waals surface area contributed by atoms with Crippen molar-refractivity contribution in [2.24, 2.45) is 7.05 Å². The van der Waals surface area contributed by atoms with Crippen molar-refractivity contribution in [2.75, 3.05) is 11.1 Å². The Morgan fingerprint density at radius 2 is 2.07 bits per heavy atom. The Balaban J connectivity index is 1.71. The van der Waals surface area contributed by atoms with Crippen LogP contribution in [-0.2, 0) is 18.0 Å². The summed E-state index contributed by atoms with van der Waals surface area (Å²) in [6.45, 7) is 1.78. The largest absolute Gasteiger partial charge is 0.469 e. The van der Waals surface area contributed by atoms with Crippen molar-refractivity contribution < 1.29 is 22.4 Å². The Labute approximate surface area is 167 Å². The second kappa shape index (κ2) is 7.88. The van der Waals surface area contributed by atoms with E-state index in [1.54, 1.807) is 24.6 Å². The maximum atomic E-state index is 13.1. The average molecular weight is 431 g/mol. The van der Waals surface area contributed by atoms with Gasteiger partial charge in [-0.15, -0.1) is 10.2 Å². The molecule has 3 aromatic rings. The number of para-hydroxylation sites is 1. The van der Waals surface area contributed by atoms with Gasteiger partial charge in [0.1, 0.15) is 5.76 Å². The number of nitrogens with zero attached hydrogens (tertiary/aromatic N) is 3. The first-order valence-corrected chi connectivity index (χ1v) is 9.27. The predicted octanol–water partition coefficient (Wildman–Crippen LogP) is 4.79. The molecule has 6 nitrogen and oxygen atoms in total. The number of carbonyl (C=O) groups is 1. The lowest BCUT2D eigenvalue weighted by Gasteiger charge is -2.15. The van der Waals surface area contributed by atoms with Crippen LogP contribution in [0.4, 0.5) is 18.9 Å². The van der Waals surface area contributed by atoms with E-state index < -0.39 is 23.3 Å². The second-order valence-corrected chi connectivity index (χ2v) is 7.10. The van der Waals surface area contributed by atoms with Gasteiger partial charge in [-0.3, -0.25) is 4.79 Å². The Bertz CT molecular complexity index is 1020. The number of benzene rings is 1. The predicted molar refractivity (Wildman–Crippen MR) is 99.2 cm³/mol. The van der Waals surface area contributed by atoms with Crippen molar-refractivity contribution in [1.29, 1.82) is 0 Å². The lowest BCUT2D eigenvalue weighted by Crippen LogP contribution is -2.18. The first kappa shape index (κ1) is 20.3. The third-order valence-electron chi connectivity index (χ3n) is 3.85. The smallest absolute Gasteiger partial charge is 0.418 e. The molecule has 0 aliphatic rings. The van der Waals surface area contributed by atoms with E-state index in [9.17, 15) is 18.0 Å². The summed E-state index contributed by atoms with van der Waals surface area (Å²) >= 11 is 6.88. The molecule has 1 amide bonds. The third-order valence-corrected chi connectivity index (χ3v) is 5.19. The summed E-state index contributed by atoms with van der Waals surface area (Å²) in [5.41, 5.74) is -0.707. The quantitative estimate of drug-likeness (QED) is 0.589. The van der Waals surface area contributed by atoms with Crippen LogP contribution in [0.2, 0.25) is 5.02 Å². The summed E-state index contributed by atoms with van der Waals surface area (Å²) in [6, 6.07) is 5.06. The van der Waals surface area contributed by atoms with Crippen molar-refractivity contribution in [2.45, 2.75) is 18.3 Å². The van der Waals surface area contributed by atoms with Crippen LogP contribution in [0.3, 0.4) is 0 Å². The van der Waals surface area contributed by atoms with E-state index in [0.717, 1.165) is 23.4 Å². The second-order valence-electron chi connectivity index (χ2n) is 5.75. The fourth-order valence-corrected chi connectivity index (χ4v) is 3.42. The van der Waals surface area contributed by atoms with Crippen LogP contribution >= 0.6 is 23.4 Å². The molecular weight excluding hydrogens is 417 g/mol. The molecule has 0 spiro atoms. The standard InChI is InChI=1S/C17H14ClF3N4O2S/c1-9-10(6-7-27-9)15-23-24-16(25(15)2)28-8-13(26)22-14-11(17(19,20)21)4-3-5-12(14)18/h3-7H,8H2,1-2H3,(H,22,26). The molecule has 2 aromatic heterocycles. The maximum absolute atomic E-state index is 13.1. The molecule has 3 rings (SSSR count). The Morgan fingerprint density at radius 3 is 2.71 bits per heavy atom. The number of hydrogen-bond donors (Lipinski definition) is 1. The number of amides is 1. The molecule has 0 atom stereocenters. The number of thioether (sulfide) groups is 1. The highest BCUT2D eigenvalue weighted by molar-refractivity contribution is 7.99. The van der Waals surface area contributed by atoms with Gasteiger partial charge in [0, 0.05) is 7.05 Å². The monoisotopic (exact) mass is 430 g/mol. The summed E-state index contributed by atoms with van der Waals surface area (Å²) in [4.78, 5) is 12.2. The van der Waals surface area contributed by atoms with Crippen LogP contribution in [0, 0.1) is 6.92 Å². The van der Waals surface area contributed by atoms with Crippen LogP contribution in [0.25, 0.3) is 11.4 Å². The number of hydrogen-bond acceptors (Lipinski definition) is 5. The summed E-state index contributed by atoms with van der Waals surface area (Å²) in [7, 11) is 1.72. The molecule has 0 aliphatic carbocycles. The molecule has 148 valence electrons. The van der Waals surface area contributed by atoms with Gasteiger partial charge < -0.3 is 14.3 Å². The summed E-state index contributed by atoms with van der Waals surface area (Å²) in [6.07, 6.45) is -3.11. The minimum atomic E-state index is -4.64. The number of aryl methyl sites for hydroxylation is 1. The van der Waals surface area contributed by atoms with E-state index in [1.807, 2.05) is 0 Å². The average Bonchev–Trinajstić information content (AvgIpc) is 3.19. The lowest BCUT2D eigenvalue weighted by molar-refractivity contribution is -0.137. The molecule has 0 bridgehead atoms. The van der Waals surface area contributed by atoms with Crippen molar-refractivity contribution in [3.63, 3.8) is 0 Å². The number of alkyl halides is 3. The van der Waals surface area contributed by atoms with Crippen LogP contribution in [0.1, 0.15) is 11.3 Å². The van der Waals surface area contributed by atoms with Crippen LogP contribution < -0.4 is 5.32 Å². The molecule has 28 heavy (non-hydrogen) atoms. The molecule has 0 aliphatic heterocycles. The van der Waals surface area contributed by atoms with Gasteiger partial charge >= 0.3 is 6.18 Å². The fourth-order valence-electron chi connectivity index (χ4n) is 2.49. The van der Waals surface area contributed by atoms with E-state index in [4.69, 9.17) is 16.0 Å². The number of furan rings is 1. The molecular formula is C17H14ClF3N4O2S. The SMILES string of the molecule is Cc1occc1-c1nnc(SCC(=O)Nc2c(Cl)cccc2C(F)(F)F)n1C. The lowest BCUT2D eigenvalue weighted by atomic mass is 10.1. The van der Waals surface area contributed by atoms with Gasteiger partial charge in [0.25, 0.3) is 0 Å². The van der Waals surface area contributed by atoms with Crippen molar-refractivity contribution in [3.8, 4) is 11.4 Å². The Hall–Kier alpha value is -2.46. The van der Waals surface area contributed by atoms with Crippen LogP contribution in [0.5, 0.6) is 0 Å². The molecule has 0 fully saturated rings.